The van der Waals surface area contributed by atoms with Crippen LogP contribution in [0.25, 0.3) is 0 Å². The summed E-state index contributed by atoms with van der Waals surface area (Å²) in [6.45, 7) is 1.16. The molecule has 130 valence electrons. The van der Waals surface area contributed by atoms with Gasteiger partial charge >= 0.3 is 0 Å². The first-order valence-corrected chi connectivity index (χ1v) is 8.88. The van der Waals surface area contributed by atoms with Crippen molar-refractivity contribution in [2.24, 2.45) is 0 Å². The Kier molecular flexibility index (Phi) is 5.61. The van der Waals surface area contributed by atoms with E-state index in [1.54, 1.807) is 23.1 Å². The van der Waals surface area contributed by atoms with Crippen molar-refractivity contribution in [1.82, 2.24) is 5.32 Å². The first kappa shape index (κ1) is 17.8. The number of amides is 2. The van der Waals surface area contributed by atoms with Crippen LogP contribution in [0.5, 0.6) is 0 Å². The molecule has 25 heavy (non-hydrogen) atoms. The fraction of sp³-hybridized carbons (Fsp3) is 0.263. The number of carbonyl (C=O) groups excluding carboxylic acids is 2. The van der Waals surface area contributed by atoms with Gasteiger partial charge in [-0.25, -0.2) is 0 Å². The summed E-state index contributed by atoms with van der Waals surface area (Å²) >= 11 is 12.0. The second kappa shape index (κ2) is 7.89. The average Bonchev–Trinajstić information content (AvgIpc) is 3.02. The number of benzene rings is 2. The van der Waals surface area contributed by atoms with Crippen LogP contribution in [0, 0.1) is 0 Å². The predicted octanol–water partition coefficient (Wildman–Crippen LogP) is 3.98. The third kappa shape index (κ3) is 4.53. The monoisotopic (exact) mass is 376 g/mol. The molecular formula is C19H18Cl2N2O2. The summed E-state index contributed by atoms with van der Waals surface area (Å²) in [5.74, 6) is 0.0328. The van der Waals surface area contributed by atoms with E-state index in [4.69, 9.17) is 23.2 Å². The molecule has 1 saturated heterocycles. The molecule has 2 aromatic rings. The highest BCUT2D eigenvalue weighted by atomic mass is 35.5. The summed E-state index contributed by atoms with van der Waals surface area (Å²) in [6.07, 6.45) is 1.69. The van der Waals surface area contributed by atoms with Crippen LogP contribution in [0.1, 0.15) is 24.0 Å². The second-order valence-corrected chi connectivity index (χ2v) is 6.85. The maximum atomic E-state index is 12.1. The number of anilines is 1. The summed E-state index contributed by atoms with van der Waals surface area (Å²) in [5, 5.41) is 3.91. The Hall–Kier alpha value is -2.04. The van der Waals surface area contributed by atoms with Crippen LogP contribution in [0.3, 0.4) is 0 Å². The maximum absolute atomic E-state index is 12.1. The van der Waals surface area contributed by atoms with E-state index in [0.29, 0.717) is 23.0 Å². The van der Waals surface area contributed by atoms with E-state index in [2.05, 4.69) is 5.32 Å². The van der Waals surface area contributed by atoms with Crippen molar-refractivity contribution < 1.29 is 9.59 Å². The number of hydrogen-bond acceptors (Lipinski definition) is 2. The third-order valence-electron chi connectivity index (χ3n) is 4.15. The van der Waals surface area contributed by atoms with Gasteiger partial charge in [-0.1, -0.05) is 41.4 Å². The van der Waals surface area contributed by atoms with Gasteiger partial charge in [-0.05, 0) is 41.8 Å². The van der Waals surface area contributed by atoms with E-state index < -0.39 is 0 Å². The number of hydrogen-bond donors (Lipinski definition) is 1. The molecule has 3 rings (SSSR count). The molecular weight excluding hydrogens is 359 g/mol. The third-order valence-corrected chi connectivity index (χ3v) is 4.74. The molecule has 2 aromatic carbocycles. The maximum Gasteiger partial charge on any atom is 0.227 e. The highest BCUT2D eigenvalue weighted by molar-refractivity contribution is 6.35. The number of halogens is 2. The molecule has 0 aromatic heterocycles. The van der Waals surface area contributed by atoms with Crippen LogP contribution in [0.4, 0.5) is 5.69 Å². The number of nitrogens with zero attached hydrogens (tertiary/aromatic N) is 1. The molecule has 0 aliphatic carbocycles. The van der Waals surface area contributed by atoms with Gasteiger partial charge < -0.3 is 10.2 Å². The molecule has 0 atom stereocenters. The van der Waals surface area contributed by atoms with Gasteiger partial charge in [0.2, 0.25) is 11.8 Å². The van der Waals surface area contributed by atoms with Crippen LogP contribution < -0.4 is 10.2 Å². The van der Waals surface area contributed by atoms with Crippen molar-refractivity contribution in [2.45, 2.75) is 25.8 Å². The topological polar surface area (TPSA) is 49.4 Å². The normalized spacial score (nSPS) is 14.0. The van der Waals surface area contributed by atoms with Gasteiger partial charge in [0.25, 0.3) is 0 Å². The largest absolute Gasteiger partial charge is 0.352 e. The van der Waals surface area contributed by atoms with Gasteiger partial charge in [0, 0.05) is 35.2 Å². The summed E-state index contributed by atoms with van der Waals surface area (Å²) in [4.78, 5) is 25.8. The van der Waals surface area contributed by atoms with E-state index in [0.717, 1.165) is 29.8 Å². The zero-order valence-corrected chi connectivity index (χ0v) is 15.1. The van der Waals surface area contributed by atoms with Crippen molar-refractivity contribution in [2.75, 3.05) is 11.4 Å². The first-order valence-electron chi connectivity index (χ1n) is 8.13. The molecule has 1 aliphatic rings. The van der Waals surface area contributed by atoms with Crippen molar-refractivity contribution in [3.63, 3.8) is 0 Å². The Morgan fingerprint density at radius 3 is 2.72 bits per heavy atom. The minimum Gasteiger partial charge on any atom is -0.352 e. The fourth-order valence-corrected chi connectivity index (χ4v) is 3.33. The SMILES string of the molecule is O=C(Cc1ccc(Cl)cc1Cl)NCc1cccc(N2CCCC2=O)c1. The molecule has 0 saturated carbocycles. The number of nitrogens with one attached hydrogen (secondary N) is 1. The van der Waals surface area contributed by atoms with Gasteiger partial charge in [-0.2, -0.15) is 0 Å². The van der Waals surface area contributed by atoms with Crippen molar-refractivity contribution in [3.8, 4) is 0 Å². The number of rotatable bonds is 5. The molecule has 0 unspecified atom stereocenters. The minimum atomic E-state index is -0.119. The molecule has 1 fully saturated rings. The highest BCUT2D eigenvalue weighted by Crippen LogP contribution is 2.23. The molecule has 1 N–H and O–H groups in total. The number of carbonyl (C=O) groups is 2. The van der Waals surface area contributed by atoms with Gasteiger partial charge in [0.1, 0.15) is 0 Å². The lowest BCUT2D eigenvalue weighted by atomic mass is 10.1. The summed E-state index contributed by atoms with van der Waals surface area (Å²) < 4.78 is 0. The highest BCUT2D eigenvalue weighted by Gasteiger charge is 2.21. The molecule has 1 heterocycles. The van der Waals surface area contributed by atoms with Gasteiger partial charge in [0.15, 0.2) is 0 Å². The Balaban J connectivity index is 1.59. The van der Waals surface area contributed by atoms with Crippen molar-refractivity contribution in [3.05, 3.63) is 63.6 Å². The summed E-state index contributed by atoms with van der Waals surface area (Å²) in [6, 6.07) is 12.8. The van der Waals surface area contributed by atoms with E-state index >= 15 is 0 Å². The second-order valence-electron chi connectivity index (χ2n) is 6.01. The lowest BCUT2D eigenvalue weighted by Gasteiger charge is -2.16. The van der Waals surface area contributed by atoms with E-state index in [9.17, 15) is 9.59 Å². The lowest BCUT2D eigenvalue weighted by Crippen LogP contribution is -2.26. The van der Waals surface area contributed by atoms with Crippen LogP contribution in [0.2, 0.25) is 10.0 Å². The van der Waals surface area contributed by atoms with Crippen LogP contribution in [-0.2, 0) is 22.6 Å². The lowest BCUT2D eigenvalue weighted by molar-refractivity contribution is -0.120. The Bertz CT molecular complexity index is 808. The van der Waals surface area contributed by atoms with Gasteiger partial charge in [-0.3, -0.25) is 9.59 Å². The summed E-state index contributed by atoms with van der Waals surface area (Å²) in [7, 11) is 0. The van der Waals surface area contributed by atoms with E-state index in [1.165, 1.54) is 0 Å². The first-order chi connectivity index (χ1) is 12.0. The molecule has 2 amide bonds. The Labute approximate surface area is 156 Å². The van der Waals surface area contributed by atoms with Crippen LogP contribution in [-0.4, -0.2) is 18.4 Å². The zero-order chi connectivity index (χ0) is 17.8. The molecule has 6 heteroatoms. The summed E-state index contributed by atoms with van der Waals surface area (Å²) in [5.41, 5.74) is 2.57. The fourth-order valence-electron chi connectivity index (χ4n) is 2.86. The van der Waals surface area contributed by atoms with Gasteiger partial charge in [0.05, 0.1) is 6.42 Å². The van der Waals surface area contributed by atoms with Crippen molar-refractivity contribution in [1.29, 1.82) is 0 Å². The zero-order valence-electron chi connectivity index (χ0n) is 13.6. The van der Waals surface area contributed by atoms with E-state index in [1.807, 2.05) is 24.3 Å². The standard InChI is InChI=1S/C19H18Cl2N2O2/c20-15-7-6-14(17(21)11-15)10-18(24)22-12-13-3-1-4-16(9-13)23-8-2-5-19(23)25/h1,3-4,6-7,9,11H,2,5,8,10,12H2,(H,22,24). The quantitative estimate of drug-likeness (QED) is 0.857. The Morgan fingerprint density at radius 1 is 1.16 bits per heavy atom. The van der Waals surface area contributed by atoms with Gasteiger partial charge in [-0.15, -0.1) is 0 Å². The van der Waals surface area contributed by atoms with Crippen molar-refractivity contribution >= 4 is 40.7 Å². The average molecular weight is 377 g/mol. The molecule has 0 spiro atoms. The van der Waals surface area contributed by atoms with Crippen LogP contribution in [0.15, 0.2) is 42.5 Å². The van der Waals surface area contributed by atoms with E-state index in [-0.39, 0.29) is 18.2 Å². The predicted molar refractivity (Wildman–Crippen MR) is 100 cm³/mol. The molecule has 0 radical (unpaired) electrons. The molecule has 4 nitrogen and oxygen atoms in total. The molecule has 0 bridgehead atoms. The Morgan fingerprint density at radius 2 is 2.00 bits per heavy atom. The van der Waals surface area contributed by atoms with Crippen LogP contribution >= 0.6 is 23.2 Å². The smallest absolute Gasteiger partial charge is 0.227 e. The minimum absolute atomic E-state index is 0.119. The molecule has 1 aliphatic heterocycles.